The lowest BCUT2D eigenvalue weighted by Gasteiger charge is -2.19. The van der Waals surface area contributed by atoms with Gasteiger partial charge in [0.2, 0.25) is 0 Å². The van der Waals surface area contributed by atoms with Crippen molar-refractivity contribution in [3.05, 3.63) is 64.7 Å². The molecule has 0 aliphatic carbocycles. The molecule has 24 heavy (non-hydrogen) atoms. The molecule has 0 saturated heterocycles. The summed E-state index contributed by atoms with van der Waals surface area (Å²) in [6, 6.07) is 13.0. The van der Waals surface area contributed by atoms with Crippen molar-refractivity contribution < 1.29 is 9.53 Å². The summed E-state index contributed by atoms with van der Waals surface area (Å²) in [6.07, 6.45) is 3.81. The van der Waals surface area contributed by atoms with Gasteiger partial charge in [-0.1, -0.05) is 42.0 Å². The largest absolute Gasteiger partial charge is 0.456 e. The molecule has 2 aromatic rings. The van der Waals surface area contributed by atoms with E-state index < -0.39 is 5.60 Å². The lowest BCUT2D eigenvalue weighted by molar-refractivity contribution is 0.00696. The van der Waals surface area contributed by atoms with E-state index >= 15 is 0 Å². The lowest BCUT2D eigenvalue weighted by Crippen LogP contribution is -2.23. The van der Waals surface area contributed by atoms with Crippen LogP contribution >= 0.6 is 23.2 Å². The first kappa shape index (κ1) is 18.6. The number of carbonyl (C=O) groups is 1. The maximum atomic E-state index is 12.3. The molecular formula is C20H20Cl2O2. The van der Waals surface area contributed by atoms with Crippen LogP contribution in [-0.4, -0.2) is 17.5 Å². The maximum absolute atomic E-state index is 12.3. The Bertz CT molecular complexity index is 758. The van der Waals surface area contributed by atoms with E-state index in [0.29, 0.717) is 16.5 Å². The highest BCUT2D eigenvalue weighted by Gasteiger charge is 2.18. The Balaban J connectivity index is 2.43. The van der Waals surface area contributed by atoms with E-state index in [9.17, 15) is 4.79 Å². The molecule has 2 nitrogen and oxygen atoms in total. The van der Waals surface area contributed by atoms with Gasteiger partial charge in [-0.15, -0.1) is 11.6 Å². The van der Waals surface area contributed by atoms with Crippen LogP contribution in [0.15, 0.2) is 48.5 Å². The van der Waals surface area contributed by atoms with E-state index in [0.717, 1.165) is 16.7 Å². The third kappa shape index (κ3) is 5.12. The zero-order valence-corrected chi connectivity index (χ0v) is 15.5. The average Bonchev–Trinajstić information content (AvgIpc) is 2.52. The standard InChI is InChI=1S/C20H20Cl2O2/c1-20(2,3)24-19(23)16-7-4-6-15(12-16)18-13-17(22)10-9-14(18)8-5-11-21/h4-10,12-13H,11H2,1-3H3/b8-5+. The molecule has 2 aromatic carbocycles. The van der Waals surface area contributed by atoms with Crippen molar-refractivity contribution in [3.8, 4) is 11.1 Å². The second kappa shape index (κ2) is 7.87. The van der Waals surface area contributed by atoms with E-state index in [2.05, 4.69) is 0 Å². The molecule has 0 unspecified atom stereocenters. The second-order valence-electron chi connectivity index (χ2n) is 6.37. The summed E-state index contributed by atoms with van der Waals surface area (Å²) in [4.78, 5) is 12.3. The Hall–Kier alpha value is -1.77. The first-order valence-corrected chi connectivity index (χ1v) is 8.57. The number of benzene rings is 2. The number of esters is 1. The molecule has 0 saturated carbocycles. The fourth-order valence-electron chi connectivity index (χ4n) is 2.25. The molecule has 4 heteroatoms. The maximum Gasteiger partial charge on any atom is 0.338 e. The normalized spacial score (nSPS) is 11.7. The van der Waals surface area contributed by atoms with Gasteiger partial charge in [-0.3, -0.25) is 0 Å². The Kier molecular flexibility index (Phi) is 6.09. The van der Waals surface area contributed by atoms with Crippen molar-refractivity contribution in [2.45, 2.75) is 26.4 Å². The molecule has 0 radical (unpaired) electrons. The summed E-state index contributed by atoms with van der Waals surface area (Å²) in [6.45, 7) is 5.54. The molecule has 0 aromatic heterocycles. The van der Waals surface area contributed by atoms with Gasteiger partial charge in [0.05, 0.1) is 5.56 Å². The van der Waals surface area contributed by atoms with Crippen LogP contribution in [0.5, 0.6) is 0 Å². The monoisotopic (exact) mass is 362 g/mol. The predicted molar refractivity (Wildman–Crippen MR) is 102 cm³/mol. The molecule has 2 rings (SSSR count). The van der Waals surface area contributed by atoms with Crippen molar-refractivity contribution in [1.82, 2.24) is 0 Å². The van der Waals surface area contributed by atoms with Crippen LogP contribution < -0.4 is 0 Å². The second-order valence-corrected chi connectivity index (χ2v) is 7.12. The number of ether oxygens (including phenoxy) is 1. The SMILES string of the molecule is CC(C)(C)OC(=O)c1cccc(-c2cc(Cl)ccc2/C=C/CCl)c1. The highest BCUT2D eigenvalue weighted by atomic mass is 35.5. The quantitative estimate of drug-likeness (QED) is 0.477. The average molecular weight is 363 g/mol. The van der Waals surface area contributed by atoms with Crippen molar-refractivity contribution in [2.75, 3.05) is 5.88 Å². The summed E-state index contributed by atoms with van der Waals surface area (Å²) in [7, 11) is 0. The summed E-state index contributed by atoms with van der Waals surface area (Å²) < 4.78 is 5.44. The molecule has 0 aliphatic heterocycles. The summed E-state index contributed by atoms with van der Waals surface area (Å²) in [5, 5.41) is 0.635. The van der Waals surface area contributed by atoms with E-state index in [1.54, 1.807) is 6.07 Å². The first-order chi connectivity index (χ1) is 11.3. The summed E-state index contributed by atoms with van der Waals surface area (Å²) >= 11 is 11.9. The van der Waals surface area contributed by atoms with Gasteiger partial charge in [-0.05, 0) is 61.7 Å². The van der Waals surface area contributed by atoms with E-state index in [1.165, 1.54) is 0 Å². The van der Waals surface area contributed by atoms with Gasteiger partial charge in [0.25, 0.3) is 0 Å². The first-order valence-electron chi connectivity index (χ1n) is 7.66. The van der Waals surface area contributed by atoms with Crippen LogP contribution in [-0.2, 0) is 4.74 Å². The number of allylic oxidation sites excluding steroid dienone is 1. The minimum absolute atomic E-state index is 0.343. The van der Waals surface area contributed by atoms with Gasteiger partial charge in [-0.25, -0.2) is 4.79 Å². The van der Waals surface area contributed by atoms with Gasteiger partial charge < -0.3 is 4.74 Å². The van der Waals surface area contributed by atoms with Gasteiger partial charge in [0.1, 0.15) is 5.60 Å². The van der Waals surface area contributed by atoms with Crippen LogP contribution in [0.25, 0.3) is 17.2 Å². The smallest absolute Gasteiger partial charge is 0.338 e. The molecule has 0 N–H and O–H groups in total. The minimum Gasteiger partial charge on any atom is -0.456 e. The minimum atomic E-state index is -0.530. The summed E-state index contributed by atoms with van der Waals surface area (Å²) in [5.41, 5.74) is 2.80. The Morgan fingerprint density at radius 3 is 2.58 bits per heavy atom. The molecular weight excluding hydrogens is 343 g/mol. The third-order valence-corrected chi connectivity index (χ3v) is 3.62. The van der Waals surface area contributed by atoms with Gasteiger partial charge in [0.15, 0.2) is 0 Å². The number of rotatable bonds is 4. The number of halogens is 2. The molecule has 0 amide bonds. The number of alkyl halides is 1. The third-order valence-electron chi connectivity index (χ3n) is 3.21. The highest BCUT2D eigenvalue weighted by molar-refractivity contribution is 6.31. The molecule has 0 heterocycles. The molecule has 0 spiro atoms. The van der Waals surface area contributed by atoms with Crippen LogP contribution in [0.3, 0.4) is 0 Å². The van der Waals surface area contributed by atoms with Crippen molar-refractivity contribution in [3.63, 3.8) is 0 Å². The molecule has 0 atom stereocenters. The zero-order valence-electron chi connectivity index (χ0n) is 14.0. The van der Waals surface area contributed by atoms with Crippen LogP contribution in [0.2, 0.25) is 5.02 Å². The van der Waals surface area contributed by atoms with Crippen LogP contribution in [0, 0.1) is 0 Å². The molecule has 126 valence electrons. The van der Waals surface area contributed by atoms with E-state index in [4.69, 9.17) is 27.9 Å². The fourth-order valence-corrected chi connectivity index (χ4v) is 2.51. The Morgan fingerprint density at radius 1 is 1.17 bits per heavy atom. The van der Waals surface area contributed by atoms with Gasteiger partial charge in [-0.2, -0.15) is 0 Å². The topological polar surface area (TPSA) is 26.3 Å². The Labute approximate surface area is 153 Å². The van der Waals surface area contributed by atoms with Crippen LogP contribution in [0.4, 0.5) is 0 Å². The molecule has 0 fully saturated rings. The number of hydrogen-bond donors (Lipinski definition) is 0. The predicted octanol–water partition coefficient (Wildman–Crippen LogP) is 6.21. The fraction of sp³-hybridized carbons (Fsp3) is 0.250. The van der Waals surface area contributed by atoms with Crippen LogP contribution in [0.1, 0.15) is 36.7 Å². The number of hydrogen-bond acceptors (Lipinski definition) is 2. The zero-order chi connectivity index (χ0) is 17.7. The lowest BCUT2D eigenvalue weighted by atomic mass is 9.97. The van der Waals surface area contributed by atoms with Crippen molar-refractivity contribution in [1.29, 1.82) is 0 Å². The molecule has 0 aliphatic rings. The van der Waals surface area contributed by atoms with Crippen molar-refractivity contribution in [2.24, 2.45) is 0 Å². The molecule has 0 bridgehead atoms. The van der Waals surface area contributed by atoms with Crippen molar-refractivity contribution >= 4 is 35.2 Å². The van der Waals surface area contributed by atoms with Gasteiger partial charge in [0, 0.05) is 10.9 Å². The van der Waals surface area contributed by atoms with Gasteiger partial charge >= 0.3 is 5.97 Å². The Morgan fingerprint density at radius 2 is 1.92 bits per heavy atom. The number of carbonyl (C=O) groups excluding carboxylic acids is 1. The highest BCUT2D eigenvalue weighted by Crippen LogP contribution is 2.29. The summed E-state index contributed by atoms with van der Waals surface area (Å²) in [5.74, 6) is 0.0873. The van der Waals surface area contributed by atoms with E-state index in [-0.39, 0.29) is 5.97 Å². The van der Waals surface area contributed by atoms with E-state index in [1.807, 2.05) is 69.3 Å².